The van der Waals surface area contributed by atoms with Gasteiger partial charge in [-0.05, 0) is 36.2 Å². The molecule has 7 heteroatoms. The minimum absolute atomic E-state index is 0.160. The van der Waals surface area contributed by atoms with Gasteiger partial charge in [-0.25, -0.2) is 4.98 Å². The predicted octanol–water partition coefficient (Wildman–Crippen LogP) is 3.43. The van der Waals surface area contributed by atoms with Crippen LogP contribution in [0.3, 0.4) is 0 Å². The van der Waals surface area contributed by atoms with Crippen LogP contribution in [-0.4, -0.2) is 57.6 Å². The summed E-state index contributed by atoms with van der Waals surface area (Å²) in [5.74, 6) is 0.0567. The van der Waals surface area contributed by atoms with Crippen LogP contribution in [0.1, 0.15) is 12.0 Å². The summed E-state index contributed by atoms with van der Waals surface area (Å²) < 4.78 is 7.04. The summed E-state index contributed by atoms with van der Waals surface area (Å²) in [6, 6.07) is 17.0. The molecule has 6 nitrogen and oxygen atoms in total. The molecule has 144 valence electrons. The standard InChI is InChI=1S/C21H21N3O3S/c25-20(26)13-24-12-15-9-16(24)11-23(15)10-14-5-7-17(8-6-14)27-21-22-18-3-1-2-4-19(18)28-21/h1-8,15-16H,9-13H2,(H,25,26). The van der Waals surface area contributed by atoms with E-state index >= 15 is 0 Å². The van der Waals surface area contributed by atoms with Gasteiger partial charge < -0.3 is 9.84 Å². The highest BCUT2D eigenvalue weighted by Crippen LogP contribution is 2.33. The van der Waals surface area contributed by atoms with Crippen molar-refractivity contribution in [1.82, 2.24) is 14.8 Å². The molecule has 3 heterocycles. The van der Waals surface area contributed by atoms with Gasteiger partial charge in [-0.15, -0.1) is 0 Å². The topological polar surface area (TPSA) is 65.9 Å². The SMILES string of the molecule is O=C(O)CN1CC2CC1CN2Cc1ccc(Oc2nc3ccccc3s2)cc1. The van der Waals surface area contributed by atoms with Gasteiger partial charge in [0.1, 0.15) is 5.75 Å². The van der Waals surface area contributed by atoms with Crippen LogP contribution in [0.5, 0.6) is 10.9 Å². The Labute approximate surface area is 167 Å². The molecular formula is C21H21N3O3S. The van der Waals surface area contributed by atoms with Crippen molar-refractivity contribution < 1.29 is 14.6 Å². The third kappa shape index (κ3) is 3.48. The minimum atomic E-state index is -0.734. The third-order valence-corrected chi connectivity index (χ3v) is 6.51. The molecule has 28 heavy (non-hydrogen) atoms. The Balaban J connectivity index is 1.20. The van der Waals surface area contributed by atoms with Gasteiger partial charge >= 0.3 is 5.97 Å². The molecule has 0 spiro atoms. The number of likely N-dealkylation sites (tertiary alicyclic amines) is 2. The van der Waals surface area contributed by atoms with Crippen molar-refractivity contribution in [3.63, 3.8) is 0 Å². The zero-order valence-corrected chi connectivity index (χ0v) is 16.1. The molecule has 0 aliphatic carbocycles. The molecule has 5 rings (SSSR count). The molecule has 2 bridgehead atoms. The number of aliphatic carboxylic acids is 1. The molecular weight excluding hydrogens is 374 g/mol. The summed E-state index contributed by atoms with van der Waals surface area (Å²) in [6.45, 7) is 2.86. The average Bonchev–Trinajstić information content (AvgIpc) is 3.36. The average molecular weight is 395 g/mol. The second-order valence-electron chi connectivity index (χ2n) is 7.49. The number of piperazine rings is 1. The molecule has 2 aliphatic heterocycles. The van der Waals surface area contributed by atoms with Crippen molar-refractivity contribution in [3.05, 3.63) is 54.1 Å². The number of rotatable bonds is 6. The fourth-order valence-electron chi connectivity index (χ4n) is 4.29. The normalized spacial score (nSPS) is 22.1. The lowest BCUT2D eigenvalue weighted by atomic mass is 10.2. The van der Waals surface area contributed by atoms with Crippen LogP contribution in [0.2, 0.25) is 0 Å². The number of thiazole rings is 1. The monoisotopic (exact) mass is 395 g/mol. The summed E-state index contributed by atoms with van der Waals surface area (Å²) in [6.07, 6.45) is 1.08. The fraction of sp³-hybridized carbons (Fsp3) is 0.333. The molecule has 0 amide bonds. The summed E-state index contributed by atoms with van der Waals surface area (Å²) in [7, 11) is 0. The van der Waals surface area contributed by atoms with Crippen molar-refractivity contribution in [1.29, 1.82) is 0 Å². The number of ether oxygens (including phenoxy) is 1. The maximum atomic E-state index is 10.9. The summed E-state index contributed by atoms with van der Waals surface area (Å²) in [4.78, 5) is 20.0. The number of benzene rings is 2. The van der Waals surface area contributed by atoms with Crippen molar-refractivity contribution in [2.24, 2.45) is 0 Å². The lowest BCUT2D eigenvalue weighted by Gasteiger charge is -2.33. The fourth-order valence-corrected chi connectivity index (χ4v) is 5.12. The quantitative estimate of drug-likeness (QED) is 0.690. The maximum Gasteiger partial charge on any atom is 0.317 e. The molecule has 1 aromatic heterocycles. The van der Waals surface area contributed by atoms with Gasteiger partial charge in [-0.2, -0.15) is 0 Å². The van der Waals surface area contributed by atoms with Crippen LogP contribution in [0.4, 0.5) is 0 Å². The van der Waals surface area contributed by atoms with Gasteiger partial charge in [0.05, 0.1) is 16.8 Å². The number of nitrogens with zero attached hydrogens (tertiary/aromatic N) is 3. The molecule has 2 atom stereocenters. The highest BCUT2D eigenvalue weighted by atomic mass is 32.1. The zero-order valence-electron chi connectivity index (χ0n) is 15.3. The number of para-hydroxylation sites is 1. The van der Waals surface area contributed by atoms with E-state index in [1.54, 1.807) is 11.3 Å². The van der Waals surface area contributed by atoms with Crippen LogP contribution in [0, 0.1) is 0 Å². The first-order valence-corrected chi connectivity index (χ1v) is 10.3. The molecule has 2 aliphatic rings. The smallest absolute Gasteiger partial charge is 0.317 e. The number of carboxylic acid groups (broad SMARTS) is 1. The van der Waals surface area contributed by atoms with Crippen LogP contribution < -0.4 is 4.74 Å². The Morgan fingerprint density at radius 2 is 1.86 bits per heavy atom. The Morgan fingerprint density at radius 3 is 2.57 bits per heavy atom. The molecule has 0 saturated carbocycles. The van der Waals surface area contributed by atoms with Crippen LogP contribution in [0.25, 0.3) is 10.2 Å². The van der Waals surface area contributed by atoms with E-state index in [0.717, 1.165) is 42.0 Å². The number of hydrogen-bond donors (Lipinski definition) is 1. The number of aromatic nitrogens is 1. The van der Waals surface area contributed by atoms with Gasteiger partial charge in [0.25, 0.3) is 5.19 Å². The van der Waals surface area contributed by atoms with Crippen molar-refractivity contribution >= 4 is 27.5 Å². The molecule has 0 radical (unpaired) electrons. The van der Waals surface area contributed by atoms with E-state index in [0.29, 0.717) is 17.3 Å². The van der Waals surface area contributed by atoms with E-state index in [-0.39, 0.29) is 6.54 Å². The lowest BCUT2D eigenvalue weighted by molar-refractivity contribution is -0.138. The van der Waals surface area contributed by atoms with Gasteiger partial charge in [-0.1, -0.05) is 35.6 Å². The number of carboxylic acids is 1. The number of fused-ring (bicyclic) bond motifs is 3. The van der Waals surface area contributed by atoms with Crippen molar-refractivity contribution in [2.45, 2.75) is 25.0 Å². The first-order valence-electron chi connectivity index (χ1n) is 9.46. The molecule has 3 aromatic rings. The van der Waals surface area contributed by atoms with E-state index in [1.807, 2.05) is 36.4 Å². The molecule has 2 unspecified atom stereocenters. The first kappa shape index (κ1) is 17.6. The van der Waals surface area contributed by atoms with Gasteiger partial charge in [0, 0.05) is 31.7 Å². The van der Waals surface area contributed by atoms with E-state index in [2.05, 4.69) is 26.9 Å². The largest absolute Gasteiger partial charge is 0.480 e. The Morgan fingerprint density at radius 1 is 1.11 bits per heavy atom. The summed E-state index contributed by atoms with van der Waals surface area (Å²) in [5, 5.41) is 9.66. The predicted molar refractivity (Wildman–Crippen MR) is 108 cm³/mol. The second kappa shape index (κ2) is 7.16. The second-order valence-corrected chi connectivity index (χ2v) is 8.48. The molecule has 2 fully saturated rings. The van der Waals surface area contributed by atoms with Crippen LogP contribution in [0.15, 0.2) is 48.5 Å². The highest BCUT2D eigenvalue weighted by Gasteiger charge is 2.43. The lowest BCUT2D eigenvalue weighted by Crippen LogP contribution is -2.47. The molecule has 2 aromatic carbocycles. The van der Waals surface area contributed by atoms with Gasteiger partial charge in [0.2, 0.25) is 0 Å². The van der Waals surface area contributed by atoms with Crippen molar-refractivity contribution in [2.75, 3.05) is 19.6 Å². The van der Waals surface area contributed by atoms with E-state index in [9.17, 15) is 4.79 Å². The van der Waals surface area contributed by atoms with Crippen LogP contribution in [-0.2, 0) is 11.3 Å². The number of hydrogen-bond acceptors (Lipinski definition) is 6. The van der Waals surface area contributed by atoms with Crippen molar-refractivity contribution in [3.8, 4) is 10.9 Å². The minimum Gasteiger partial charge on any atom is -0.480 e. The maximum absolute atomic E-state index is 10.9. The molecule has 2 saturated heterocycles. The van der Waals surface area contributed by atoms with E-state index < -0.39 is 5.97 Å². The Kier molecular flexibility index (Phi) is 4.50. The third-order valence-electron chi connectivity index (χ3n) is 5.59. The Hall–Kier alpha value is -2.48. The van der Waals surface area contributed by atoms with Gasteiger partial charge in [-0.3, -0.25) is 14.6 Å². The number of carbonyl (C=O) groups is 1. The summed E-state index contributed by atoms with van der Waals surface area (Å²) in [5.41, 5.74) is 2.20. The summed E-state index contributed by atoms with van der Waals surface area (Å²) >= 11 is 1.55. The van der Waals surface area contributed by atoms with E-state index in [4.69, 9.17) is 9.84 Å². The zero-order chi connectivity index (χ0) is 19.1. The van der Waals surface area contributed by atoms with E-state index in [1.165, 1.54) is 5.56 Å². The first-order chi connectivity index (χ1) is 13.6. The van der Waals surface area contributed by atoms with Gasteiger partial charge in [0.15, 0.2) is 0 Å². The molecule has 1 N–H and O–H groups in total. The van der Waals surface area contributed by atoms with Crippen LogP contribution >= 0.6 is 11.3 Å². The Bertz CT molecular complexity index is 971. The highest BCUT2D eigenvalue weighted by molar-refractivity contribution is 7.20.